The summed E-state index contributed by atoms with van der Waals surface area (Å²) in [5.74, 6) is -0.650. The Morgan fingerprint density at radius 1 is 0.875 bits per heavy atom. The number of carbonyl (C=O) groups excluding carboxylic acids is 2. The van der Waals surface area contributed by atoms with E-state index < -0.39 is 12.3 Å². The van der Waals surface area contributed by atoms with Crippen LogP contribution < -0.4 is 10.6 Å². The molecule has 0 bridgehead atoms. The fraction of sp³-hybridized carbons (Fsp3) is 0.605. The van der Waals surface area contributed by atoms with Crippen molar-refractivity contribution >= 4 is 17.8 Å². The van der Waals surface area contributed by atoms with Gasteiger partial charge in [0, 0.05) is 42.6 Å². The zero-order valence-corrected chi connectivity index (χ0v) is 28.8. The molecule has 1 aliphatic carbocycles. The van der Waals surface area contributed by atoms with Gasteiger partial charge < -0.3 is 30.3 Å². The summed E-state index contributed by atoms with van der Waals surface area (Å²) >= 11 is 0. The normalized spacial score (nSPS) is 27.9. The van der Waals surface area contributed by atoms with Crippen molar-refractivity contribution in [2.75, 3.05) is 6.54 Å². The lowest BCUT2D eigenvalue weighted by Gasteiger charge is -2.51. The number of aliphatic carboxylic acids is 1. The monoisotopic (exact) mass is 663 g/mol. The topological polar surface area (TPSA) is 137 Å². The molecule has 262 valence electrons. The van der Waals surface area contributed by atoms with Gasteiger partial charge in [-0.25, -0.2) is 0 Å². The minimum Gasteiger partial charge on any atom is -0.481 e. The van der Waals surface area contributed by atoms with Gasteiger partial charge in [-0.3, -0.25) is 19.3 Å². The SMILES string of the molecule is CC1C(CN2C(C(=O)NC(C)(C)C)CCC3CCCCC32)OC(c2ccc(CNC(=O)CCC(=O)O)cc2)OC1c1ccc(CO)cc1. The summed E-state index contributed by atoms with van der Waals surface area (Å²) in [6.45, 7) is 9.13. The summed E-state index contributed by atoms with van der Waals surface area (Å²) in [5, 5.41) is 24.5. The first-order chi connectivity index (χ1) is 22.9. The molecule has 10 heteroatoms. The van der Waals surface area contributed by atoms with Crippen molar-refractivity contribution < 1.29 is 34.1 Å². The van der Waals surface area contributed by atoms with E-state index >= 15 is 0 Å². The van der Waals surface area contributed by atoms with Gasteiger partial charge in [-0.15, -0.1) is 0 Å². The van der Waals surface area contributed by atoms with Crippen molar-refractivity contribution in [3.63, 3.8) is 0 Å². The van der Waals surface area contributed by atoms with Crippen LogP contribution in [0.2, 0.25) is 0 Å². The van der Waals surface area contributed by atoms with E-state index in [0.717, 1.165) is 41.5 Å². The van der Waals surface area contributed by atoms with Crippen LogP contribution in [0.1, 0.15) is 114 Å². The molecule has 2 aromatic rings. The highest BCUT2D eigenvalue weighted by Gasteiger charge is 2.46. The molecule has 3 fully saturated rings. The van der Waals surface area contributed by atoms with Crippen molar-refractivity contribution in [1.29, 1.82) is 0 Å². The van der Waals surface area contributed by atoms with E-state index in [1.165, 1.54) is 19.3 Å². The molecular weight excluding hydrogens is 610 g/mol. The molecule has 7 unspecified atom stereocenters. The Kier molecular flexibility index (Phi) is 11.9. The highest BCUT2D eigenvalue weighted by Crippen LogP contribution is 2.44. The predicted molar refractivity (Wildman–Crippen MR) is 181 cm³/mol. The highest BCUT2D eigenvalue weighted by molar-refractivity contribution is 5.82. The maximum atomic E-state index is 13.8. The molecule has 2 heterocycles. The number of fused-ring (bicyclic) bond motifs is 1. The van der Waals surface area contributed by atoms with E-state index in [2.05, 4.69) is 22.5 Å². The van der Waals surface area contributed by atoms with Gasteiger partial charge in [0.15, 0.2) is 6.29 Å². The minimum absolute atomic E-state index is 0.0168. The van der Waals surface area contributed by atoms with Gasteiger partial charge in [0.2, 0.25) is 11.8 Å². The van der Waals surface area contributed by atoms with Gasteiger partial charge in [-0.1, -0.05) is 68.3 Å². The van der Waals surface area contributed by atoms with E-state index in [0.29, 0.717) is 25.0 Å². The second-order valence-electron chi connectivity index (χ2n) is 14.9. The third-order valence-corrected chi connectivity index (χ3v) is 10.1. The molecule has 2 saturated heterocycles. The second-order valence-corrected chi connectivity index (χ2v) is 14.9. The number of piperidine rings is 1. The number of rotatable bonds is 11. The summed E-state index contributed by atoms with van der Waals surface area (Å²) in [5.41, 5.74) is 3.25. The Bertz CT molecular complexity index is 1390. The average molecular weight is 664 g/mol. The Hall–Kier alpha value is -3.31. The van der Waals surface area contributed by atoms with Gasteiger partial charge in [0.05, 0.1) is 31.3 Å². The van der Waals surface area contributed by atoms with E-state index in [1.807, 2.05) is 69.3 Å². The molecule has 48 heavy (non-hydrogen) atoms. The third-order valence-electron chi connectivity index (χ3n) is 10.1. The lowest BCUT2D eigenvalue weighted by atomic mass is 9.75. The van der Waals surface area contributed by atoms with E-state index in [-0.39, 0.29) is 61.0 Å². The first-order valence-electron chi connectivity index (χ1n) is 17.6. The molecule has 4 N–H and O–H groups in total. The zero-order valence-electron chi connectivity index (χ0n) is 28.8. The van der Waals surface area contributed by atoms with Crippen LogP contribution in [0.3, 0.4) is 0 Å². The lowest BCUT2D eigenvalue weighted by molar-refractivity contribution is -0.278. The molecule has 0 aromatic heterocycles. The molecule has 2 amide bonds. The minimum atomic E-state index is -1.00. The molecule has 1 saturated carbocycles. The Morgan fingerprint density at radius 2 is 1.54 bits per heavy atom. The smallest absolute Gasteiger partial charge is 0.303 e. The Labute approximate surface area is 284 Å². The van der Waals surface area contributed by atoms with Gasteiger partial charge in [0.1, 0.15) is 0 Å². The molecule has 0 radical (unpaired) electrons. The van der Waals surface area contributed by atoms with Crippen molar-refractivity contribution in [3.05, 3.63) is 70.8 Å². The number of carbonyl (C=O) groups is 3. The Balaban J connectivity index is 1.39. The molecule has 7 atom stereocenters. The number of aliphatic hydroxyl groups excluding tert-OH is 1. The second kappa shape index (κ2) is 15.9. The van der Waals surface area contributed by atoms with Crippen LogP contribution in [-0.2, 0) is 37.0 Å². The van der Waals surface area contributed by atoms with Crippen molar-refractivity contribution in [3.8, 4) is 0 Å². The highest BCUT2D eigenvalue weighted by atomic mass is 16.7. The van der Waals surface area contributed by atoms with Crippen LogP contribution in [-0.4, -0.2) is 63.2 Å². The maximum Gasteiger partial charge on any atom is 0.303 e. The first kappa shape index (κ1) is 36.0. The van der Waals surface area contributed by atoms with Gasteiger partial charge >= 0.3 is 5.97 Å². The summed E-state index contributed by atoms with van der Waals surface area (Å²) in [6, 6.07) is 15.7. The van der Waals surface area contributed by atoms with Crippen molar-refractivity contribution in [1.82, 2.24) is 15.5 Å². The molecule has 5 rings (SSSR count). The molecule has 3 aliphatic rings. The standard InChI is InChI=1S/C38H53N3O7/c1-24-32(22-41-30-8-6-5-7-27(30)17-18-31(41)36(46)40-38(2,3)4)47-37(48-35(24)28-13-11-26(23-42)12-14-28)29-15-9-25(10-16-29)21-39-33(43)19-20-34(44)45/h9-16,24,27,30-32,35,37,42H,5-8,17-23H2,1-4H3,(H,39,43)(H,40,46)(H,44,45). The fourth-order valence-electron chi connectivity index (χ4n) is 7.57. The third kappa shape index (κ3) is 9.22. The summed E-state index contributed by atoms with van der Waals surface area (Å²) in [6.07, 6.45) is 5.21. The van der Waals surface area contributed by atoms with Crippen LogP contribution >= 0.6 is 0 Å². The number of nitrogens with one attached hydrogen (secondary N) is 2. The molecule has 10 nitrogen and oxygen atoms in total. The van der Waals surface area contributed by atoms with Gasteiger partial charge in [0.25, 0.3) is 0 Å². The maximum absolute atomic E-state index is 13.8. The molecule has 0 spiro atoms. The number of likely N-dealkylation sites (tertiary alicyclic amines) is 1. The van der Waals surface area contributed by atoms with Crippen LogP contribution in [0.25, 0.3) is 0 Å². The lowest BCUT2D eigenvalue weighted by Crippen LogP contribution is -2.61. The van der Waals surface area contributed by atoms with Crippen LogP contribution in [0.5, 0.6) is 0 Å². The van der Waals surface area contributed by atoms with Gasteiger partial charge in [-0.2, -0.15) is 0 Å². The number of amides is 2. The summed E-state index contributed by atoms with van der Waals surface area (Å²) in [7, 11) is 0. The molecule has 2 aromatic carbocycles. The quantitative estimate of drug-likeness (QED) is 0.251. The fourth-order valence-corrected chi connectivity index (χ4v) is 7.57. The van der Waals surface area contributed by atoms with Crippen molar-refractivity contribution in [2.45, 2.75) is 128 Å². The number of carboxylic acid groups (broad SMARTS) is 1. The van der Waals surface area contributed by atoms with E-state index in [1.54, 1.807) is 0 Å². The number of hydrogen-bond donors (Lipinski definition) is 4. The number of nitrogens with zero attached hydrogens (tertiary/aromatic N) is 1. The number of aliphatic hydroxyl groups is 1. The summed E-state index contributed by atoms with van der Waals surface area (Å²) < 4.78 is 13.5. The molecule has 2 aliphatic heterocycles. The van der Waals surface area contributed by atoms with Crippen LogP contribution in [0, 0.1) is 11.8 Å². The first-order valence-corrected chi connectivity index (χ1v) is 17.6. The predicted octanol–water partition coefficient (Wildman–Crippen LogP) is 5.39. The van der Waals surface area contributed by atoms with Crippen LogP contribution in [0.15, 0.2) is 48.5 Å². The van der Waals surface area contributed by atoms with Crippen molar-refractivity contribution in [2.24, 2.45) is 11.8 Å². The van der Waals surface area contributed by atoms with E-state index in [4.69, 9.17) is 14.6 Å². The van der Waals surface area contributed by atoms with Crippen LogP contribution in [0.4, 0.5) is 0 Å². The van der Waals surface area contributed by atoms with Gasteiger partial charge in [-0.05, 0) is 69.1 Å². The van der Waals surface area contributed by atoms with E-state index in [9.17, 15) is 19.5 Å². The average Bonchev–Trinajstić information content (AvgIpc) is 3.07. The number of benzene rings is 2. The number of hydrogen-bond acceptors (Lipinski definition) is 7. The largest absolute Gasteiger partial charge is 0.481 e. The molecular formula is C38H53N3O7. The summed E-state index contributed by atoms with van der Waals surface area (Å²) in [4.78, 5) is 39.0. The zero-order chi connectivity index (χ0) is 34.4. The Morgan fingerprint density at radius 3 is 2.21 bits per heavy atom. The number of carboxylic acids is 1. The number of ether oxygens (including phenoxy) is 2.